The summed E-state index contributed by atoms with van der Waals surface area (Å²) in [7, 11) is 0. The zero-order chi connectivity index (χ0) is 20.7. The number of rotatable bonds is 22. The van der Waals surface area contributed by atoms with Gasteiger partial charge in [-0.2, -0.15) is 0 Å². The molecular weight excluding hydrogens is 412 g/mol. The molecule has 0 aliphatic carbocycles. The number of alkyl halides is 1. The molecule has 1 unspecified atom stereocenters. The van der Waals surface area contributed by atoms with Crippen LogP contribution < -0.4 is 0 Å². The fourth-order valence-electron chi connectivity index (χ4n) is 3.82. The Morgan fingerprint density at radius 3 is 1.68 bits per heavy atom. The third kappa shape index (κ3) is 20.7. The fourth-order valence-corrected chi connectivity index (χ4v) is 4.14. The van der Waals surface area contributed by atoms with E-state index in [4.69, 9.17) is 4.74 Å². The molecule has 0 aliphatic heterocycles. The summed E-state index contributed by atoms with van der Waals surface area (Å²) in [5.41, 5.74) is 0. The summed E-state index contributed by atoms with van der Waals surface area (Å²) >= 11 is 3.53. The number of halogens is 1. The third-order valence-electron chi connectivity index (χ3n) is 5.68. The van der Waals surface area contributed by atoms with Crippen molar-refractivity contribution < 1.29 is 9.53 Å². The first-order valence-electron chi connectivity index (χ1n) is 12.5. The Morgan fingerprint density at radius 2 is 1.14 bits per heavy atom. The van der Waals surface area contributed by atoms with Gasteiger partial charge in [0.2, 0.25) is 0 Å². The van der Waals surface area contributed by atoms with Crippen LogP contribution in [0.4, 0.5) is 0 Å². The van der Waals surface area contributed by atoms with E-state index < -0.39 is 0 Å². The fraction of sp³-hybridized carbons (Fsp3) is 0.960. The van der Waals surface area contributed by atoms with Crippen molar-refractivity contribution in [3.05, 3.63) is 0 Å². The first-order chi connectivity index (χ1) is 13.7. The van der Waals surface area contributed by atoms with Crippen LogP contribution in [-0.4, -0.2) is 17.9 Å². The molecule has 2 nitrogen and oxygen atoms in total. The molecule has 168 valence electrons. The molecule has 0 radical (unpaired) electrons. The van der Waals surface area contributed by atoms with Crippen LogP contribution in [0.15, 0.2) is 0 Å². The van der Waals surface area contributed by atoms with Crippen LogP contribution in [-0.2, 0) is 9.53 Å². The van der Waals surface area contributed by atoms with Gasteiger partial charge in [-0.3, -0.25) is 4.79 Å². The average Bonchev–Trinajstić information content (AvgIpc) is 2.69. The zero-order valence-electron chi connectivity index (χ0n) is 19.1. The average molecular weight is 462 g/mol. The summed E-state index contributed by atoms with van der Waals surface area (Å²) in [4.78, 5) is 12.2. The van der Waals surface area contributed by atoms with Gasteiger partial charge in [0.1, 0.15) is 0 Å². The Morgan fingerprint density at radius 1 is 0.679 bits per heavy atom. The number of unbranched alkanes of at least 4 members (excludes halogenated alkanes) is 13. The normalized spacial score (nSPS) is 12.2. The van der Waals surface area contributed by atoms with Crippen LogP contribution >= 0.6 is 15.9 Å². The van der Waals surface area contributed by atoms with E-state index >= 15 is 0 Å². The summed E-state index contributed by atoms with van der Waals surface area (Å²) in [5, 5.41) is 1.04. The van der Waals surface area contributed by atoms with E-state index in [0.29, 0.717) is 18.9 Å². The number of hydrogen-bond acceptors (Lipinski definition) is 2. The molecule has 0 aliphatic rings. The number of ether oxygens (including phenoxy) is 1. The van der Waals surface area contributed by atoms with Gasteiger partial charge in [0.15, 0.2) is 0 Å². The van der Waals surface area contributed by atoms with Gasteiger partial charge in [0.05, 0.1) is 6.61 Å². The highest BCUT2D eigenvalue weighted by molar-refractivity contribution is 9.09. The Balaban J connectivity index is 3.69. The molecule has 0 bridgehead atoms. The highest BCUT2D eigenvalue weighted by Gasteiger charge is 2.14. The quantitative estimate of drug-likeness (QED) is 0.0913. The maximum absolute atomic E-state index is 12.2. The molecule has 0 amide bonds. The van der Waals surface area contributed by atoms with Gasteiger partial charge in [-0.05, 0) is 31.6 Å². The Bertz CT molecular complexity index is 320. The van der Waals surface area contributed by atoms with Crippen molar-refractivity contribution in [1.29, 1.82) is 0 Å². The van der Waals surface area contributed by atoms with E-state index in [1.165, 1.54) is 96.3 Å². The second kappa shape index (κ2) is 23.2. The lowest BCUT2D eigenvalue weighted by atomic mass is 9.93. The van der Waals surface area contributed by atoms with Crippen LogP contribution in [0.25, 0.3) is 0 Å². The lowest BCUT2D eigenvalue weighted by molar-refractivity contribution is -0.145. The summed E-state index contributed by atoms with van der Waals surface area (Å²) in [5.74, 6) is 0.546. The van der Waals surface area contributed by atoms with Crippen molar-refractivity contribution in [3.8, 4) is 0 Å². The van der Waals surface area contributed by atoms with Crippen LogP contribution in [0, 0.1) is 5.92 Å². The monoisotopic (exact) mass is 460 g/mol. The van der Waals surface area contributed by atoms with E-state index in [9.17, 15) is 4.79 Å². The van der Waals surface area contributed by atoms with E-state index in [1.54, 1.807) is 0 Å². The topological polar surface area (TPSA) is 26.3 Å². The summed E-state index contributed by atoms with van der Waals surface area (Å²) in [6.45, 7) is 5.15. The van der Waals surface area contributed by atoms with Crippen molar-refractivity contribution in [1.82, 2.24) is 0 Å². The molecule has 0 fully saturated rings. The summed E-state index contributed by atoms with van der Waals surface area (Å²) in [6, 6.07) is 0. The molecule has 0 aromatic heterocycles. The molecule has 0 spiro atoms. The first-order valence-corrected chi connectivity index (χ1v) is 13.6. The maximum atomic E-state index is 12.2. The van der Waals surface area contributed by atoms with E-state index in [0.717, 1.165) is 24.6 Å². The van der Waals surface area contributed by atoms with Crippen molar-refractivity contribution in [2.75, 3.05) is 11.9 Å². The van der Waals surface area contributed by atoms with Gasteiger partial charge in [-0.25, -0.2) is 0 Å². The molecule has 0 aromatic rings. The SMILES string of the molecule is CCCCCCCCCCCOC(=O)CC(CCCBr)CCCCCCCC. The Labute approximate surface area is 185 Å². The molecule has 0 heterocycles. The minimum absolute atomic E-state index is 0.0325. The smallest absolute Gasteiger partial charge is 0.306 e. The summed E-state index contributed by atoms with van der Waals surface area (Å²) < 4.78 is 5.52. The predicted octanol–water partition coefficient (Wildman–Crippen LogP) is 8.99. The molecule has 0 saturated carbocycles. The lowest BCUT2D eigenvalue weighted by Gasteiger charge is -2.16. The van der Waals surface area contributed by atoms with Gasteiger partial charge in [0.25, 0.3) is 0 Å². The van der Waals surface area contributed by atoms with Crippen LogP contribution in [0.5, 0.6) is 0 Å². The minimum Gasteiger partial charge on any atom is -0.466 e. The van der Waals surface area contributed by atoms with Gasteiger partial charge in [-0.1, -0.05) is 120 Å². The second-order valence-electron chi connectivity index (χ2n) is 8.51. The standard InChI is InChI=1S/C25H49BrO2/c1-3-5-7-9-11-12-13-15-17-22-28-25(27)23-24(20-18-21-26)19-16-14-10-8-6-4-2/h24H,3-23H2,1-2H3. The van der Waals surface area contributed by atoms with Crippen LogP contribution in [0.2, 0.25) is 0 Å². The van der Waals surface area contributed by atoms with Gasteiger partial charge in [0, 0.05) is 11.8 Å². The molecule has 0 aromatic carbocycles. The first kappa shape index (κ1) is 27.9. The van der Waals surface area contributed by atoms with Crippen molar-refractivity contribution in [3.63, 3.8) is 0 Å². The molecule has 0 rings (SSSR count). The zero-order valence-corrected chi connectivity index (χ0v) is 20.7. The predicted molar refractivity (Wildman–Crippen MR) is 127 cm³/mol. The number of esters is 1. The highest BCUT2D eigenvalue weighted by Crippen LogP contribution is 2.21. The molecule has 0 N–H and O–H groups in total. The van der Waals surface area contributed by atoms with Crippen molar-refractivity contribution in [2.45, 2.75) is 136 Å². The van der Waals surface area contributed by atoms with E-state index in [-0.39, 0.29) is 5.97 Å². The van der Waals surface area contributed by atoms with Crippen LogP contribution in [0.1, 0.15) is 136 Å². The van der Waals surface area contributed by atoms with Crippen molar-refractivity contribution >= 4 is 21.9 Å². The number of carbonyl (C=O) groups excluding carboxylic acids is 1. The maximum Gasteiger partial charge on any atom is 0.306 e. The van der Waals surface area contributed by atoms with E-state index in [1.807, 2.05) is 0 Å². The molecule has 0 saturated heterocycles. The van der Waals surface area contributed by atoms with Crippen LogP contribution in [0.3, 0.4) is 0 Å². The molecule has 28 heavy (non-hydrogen) atoms. The van der Waals surface area contributed by atoms with Crippen molar-refractivity contribution in [2.24, 2.45) is 5.92 Å². The Hall–Kier alpha value is -0.0500. The molecule has 3 heteroatoms. The molecule has 1 atom stereocenters. The summed E-state index contributed by atoms with van der Waals surface area (Å²) in [6.07, 6.45) is 23.8. The second-order valence-corrected chi connectivity index (χ2v) is 9.30. The highest BCUT2D eigenvalue weighted by atomic mass is 79.9. The molecular formula is C25H49BrO2. The van der Waals surface area contributed by atoms with Gasteiger partial charge >= 0.3 is 5.97 Å². The number of carbonyl (C=O) groups is 1. The van der Waals surface area contributed by atoms with E-state index in [2.05, 4.69) is 29.8 Å². The van der Waals surface area contributed by atoms with Gasteiger partial charge in [-0.15, -0.1) is 0 Å². The number of hydrogen-bond donors (Lipinski definition) is 0. The third-order valence-corrected chi connectivity index (χ3v) is 6.24. The Kier molecular flexibility index (Phi) is 23.2. The lowest BCUT2D eigenvalue weighted by Crippen LogP contribution is -2.13. The van der Waals surface area contributed by atoms with Gasteiger partial charge < -0.3 is 4.74 Å². The largest absolute Gasteiger partial charge is 0.466 e. The minimum atomic E-state index is 0.0325.